The summed E-state index contributed by atoms with van der Waals surface area (Å²) in [6, 6.07) is 0.581. The maximum atomic E-state index is 12.3. The van der Waals surface area contributed by atoms with Gasteiger partial charge in [-0.05, 0) is 31.6 Å². The monoisotopic (exact) mass is 253 g/mol. The van der Waals surface area contributed by atoms with E-state index in [0.717, 1.165) is 32.2 Å². The third-order valence-corrected chi connectivity index (χ3v) is 4.23. The van der Waals surface area contributed by atoms with Crippen LogP contribution in [0.4, 0.5) is 0 Å². The molecule has 0 spiro atoms. The van der Waals surface area contributed by atoms with Crippen molar-refractivity contribution in [3.8, 4) is 0 Å². The average Bonchev–Trinajstić information content (AvgIpc) is 2.83. The molecule has 0 radical (unpaired) electrons. The van der Waals surface area contributed by atoms with Crippen LogP contribution >= 0.6 is 0 Å². The Labute approximate surface area is 113 Å². The van der Waals surface area contributed by atoms with Gasteiger partial charge < -0.3 is 0 Å². The van der Waals surface area contributed by atoms with E-state index in [9.17, 15) is 4.79 Å². The van der Waals surface area contributed by atoms with Crippen LogP contribution in [0.2, 0.25) is 0 Å². The number of carbonyl (C=O) groups is 1. The number of rotatable bonds is 8. The second kappa shape index (κ2) is 7.93. The molecule has 1 aliphatic rings. The van der Waals surface area contributed by atoms with Crippen LogP contribution < -0.4 is 0 Å². The number of hydrogen-bond acceptors (Lipinski definition) is 2. The fourth-order valence-corrected chi connectivity index (χ4v) is 3.19. The van der Waals surface area contributed by atoms with Crippen molar-refractivity contribution in [3.63, 3.8) is 0 Å². The second-order valence-corrected chi connectivity index (χ2v) is 6.24. The second-order valence-electron chi connectivity index (χ2n) is 6.24. The van der Waals surface area contributed by atoms with Crippen molar-refractivity contribution in [1.29, 1.82) is 0 Å². The van der Waals surface area contributed by atoms with E-state index in [1.54, 1.807) is 0 Å². The largest absolute Gasteiger partial charge is 0.298 e. The zero-order chi connectivity index (χ0) is 13.5. The van der Waals surface area contributed by atoms with Gasteiger partial charge in [-0.1, -0.05) is 40.5 Å². The van der Waals surface area contributed by atoms with Gasteiger partial charge in [0.2, 0.25) is 0 Å². The summed E-state index contributed by atoms with van der Waals surface area (Å²) in [4.78, 5) is 14.8. The molecule has 0 aliphatic heterocycles. The molecule has 0 atom stereocenters. The molecular weight excluding hydrogens is 222 g/mol. The number of hydrogen-bond donors (Lipinski definition) is 0. The van der Waals surface area contributed by atoms with Crippen LogP contribution in [0.1, 0.15) is 66.2 Å². The molecule has 0 saturated heterocycles. The molecule has 1 saturated carbocycles. The number of carbonyl (C=O) groups excluding carboxylic acids is 1. The van der Waals surface area contributed by atoms with Gasteiger partial charge in [0.15, 0.2) is 0 Å². The van der Waals surface area contributed by atoms with Crippen LogP contribution in [-0.2, 0) is 4.79 Å². The fourth-order valence-electron chi connectivity index (χ4n) is 3.19. The summed E-state index contributed by atoms with van der Waals surface area (Å²) in [5.74, 6) is 1.51. The first kappa shape index (κ1) is 15.7. The summed E-state index contributed by atoms with van der Waals surface area (Å²) in [6.07, 6.45) is 7.09. The Morgan fingerprint density at radius 3 is 2.17 bits per heavy atom. The smallest absolute Gasteiger partial charge is 0.149 e. The molecule has 0 N–H and O–H groups in total. The lowest BCUT2D eigenvalue weighted by Crippen LogP contribution is -2.42. The molecule has 0 aromatic heterocycles. The molecule has 0 unspecified atom stereocenters. The Balaban J connectivity index is 2.55. The lowest BCUT2D eigenvalue weighted by atomic mass is 10.00. The molecule has 0 heterocycles. The zero-order valence-corrected chi connectivity index (χ0v) is 12.7. The van der Waals surface area contributed by atoms with Crippen LogP contribution in [0.3, 0.4) is 0 Å². The zero-order valence-electron chi connectivity index (χ0n) is 12.7. The Hall–Kier alpha value is -0.370. The highest BCUT2D eigenvalue weighted by molar-refractivity contribution is 5.83. The molecule has 0 aromatic carbocycles. The van der Waals surface area contributed by atoms with E-state index in [0.29, 0.717) is 30.2 Å². The summed E-state index contributed by atoms with van der Waals surface area (Å²) in [5, 5.41) is 0. The lowest BCUT2D eigenvalue weighted by Gasteiger charge is -2.32. The predicted octanol–water partition coefficient (Wildman–Crippen LogP) is 3.89. The highest BCUT2D eigenvalue weighted by atomic mass is 16.1. The first-order chi connectivity index (χ1) is 8.58. The number of ketones is 1. The lowest BCUT2D eigenvalue weighted by molar-refractivity contribution is -0.124. The molecule has 0 bridgehead atoms. The fraction of sp³-hybridized carbons (Fsp3) is 0.938. The summed E-state index contributed by atoms with van der Waals surface area (Å²) in [6.45, 7) is 10.7. The van der Waals surface area contributed by atoms with Crippen LogP contribution in [0.25, 0.3) is 0 Å². The maximum Gasteiger partial charge on any atom is 0.149 e. The van der Waals surface area contributed by atoms with Gasteiger partial charge in [0.1, 0.15) is 5.78 Å². The highest BCUT2D eigenvalue weighted by Crippen LogP contribution is 2.26. The van der Waals surface area contributed by atoms with Crippen LogP contribution in [-0.4, -0.2) is 29.8 Å². The topological polar surface area (TPSA) is 20.3 Å². The molecule has 2 heteroatoms. The van der Waals surface area contributed by atoms with E-state index in [4.69, 9.17) is 0 Å². The number of nitrogens with zero attached hydrogens (tertiary/aromatic N) is 1. The maximum absolute atomic E-state index is 12.3. The van der Waals surface area contributed by atoms with E-state index >= 15 is 0 Å². The third kappa shape index (κ3) is 4.72. The van der Waals surface area contributed by atoms with Crippen molar-refractivity contribution in [2.24, 2.45) is 11.8 Å². The van der Waals surface area contributed by atoms with E-state index in [-0.39, 0.29) is 0 Å². The molecule has 2 nitrogen and oxygen atoms in total. The van der Waals surface area contributed by atoms with Gasteiger partial charge in [-0.2, -0.15) is 0 Å². The molecule has 0 aromatic rings. The standard InChI is InChI=1S/C16H31NO/c1-5-15(6-2)17(11-13(3)4)12-16(18)14-9-7-8-10-14/h13-15H,5-12H2,1-4H3. The molecule has 18 heavy (non-hydrogen) atoms. The molecule has 1 fully saturated rings. The normalized spacial score (nSPS) is 17.3. The Morgan fingerprint density at radius 1 is 1.17 bits per heavy atom. The van der Waals surface area contributed by atoms with Crippen LogP contribution in [0, 0.1) is 11.8 Å². The van der Waals surface area contributed by atoms with Gasteiger partial charge in [-0.15, -0.1) is 0 Å². The van der Waals surface area contributed by atoms with Gasteiger partial charge in [-0.25, -0.2) is 0 Å². The number of Topliss-reactive ketones (excluding diaryl/α,β-unsaturated/α-hetero) is 1. The average molecular weight is 253 g/mol. The van der Waals surface area contributed by atoms with E-state index in [1.165, 1.54) is 12.8 Å². The van der Waals surface area contributed by atoms with Crippen LogP contribution in [0.5, 0.6) is 0 Å². The van der Waals surface area contributed by atoms with E-state index in [2.05, 4.69) is 32.6 Å². The third-order valence-electron chi connectivity index (χ3n) is 4.23. The Morgan fingerprint density at radius 2 is 1.72 bits per heavy atom. The van der Waals surface area contributed by atoms with Gasteiger partial charge >= 0.3 is 0 Å². The van der Waals surface area contributed by atoms with Crippen molar-refractivity contribution < 1.29 is 4.79 Å². The van der Waals surface area contributed by atoms with E-state index < -0.39 is 0 Å². The first-order valence-corrected chi connectivity index (χ1v) is 7.85. The first-order valence-electron chi connectivity index (χ1n) is 7.85. The summed E-state index contributed by atoms with van der Waals surface area (Å²) in [7, 11) is 0. The summed E-state index contributed by atoms with van der Waals surface area (Å²) in [5.41, 5.74) is 0. The minimum absolute atomic E-state index is 0.369. The summed E-state index contributed by atoms with van der Waals surface area (Å²) >= 11 is 0. The minimum atomic E-state index is 0.369. The van der Waals surface area contributed by atoms with E-state index in [1.807, 2.05) is 0 Å². The molecule has 1 rings (SSSR count). The molecule has 106 valence electrons. The minimum Gasteiger partial charge on any atom is -0.298 e. The highest BCUT2D eigenvalue weighted by Gasteiger charge is 2.26. The van der Waals surface area contributed by atoms with Crippen molar-refractivity contribution in [2.75, 3.05) is 13.1 Å². The predicted molar refractivity (Wildman–Crippen MR) is 77.7 cm³/mol. The SMILES string of the molecule is CCC(CC)N(CC(=O)C1CCCC1)CC(C)C. The van der Waals surface area contributed by atoms with Gasteiger partial charge in [0.05, 0.1) is 6.54 Å². The Bertz CT molecular complexity index is 239. The Kier molecular flexibility index (Phi) is 6.91. The van der Waals surface area contributed by atoms with Crippen molar-refractivity contribution in [3.05, 3.63) is 0 Å². The molecule has 1 aliphatic carbocycles. The van der Waals surface area contributed by atoms with Crippen LogP contribution in [0.15, 0.2) is 0 Å². The van der Waals surface area contributed by atoms with Gasteiger partial charge in [0.25, 0.3) is 0 Å². The molecular formula is C16H31NO. The van der Waals surface area contributed by atoms with Crippen molar-refractivity contribution in [1.82, 2.24) is 4.90 Å². The van der Waals surface area contributed by atoms with Gasteiger partial charge in [0, 0.05) is 18.5 Å². The van der Waals surface area contributed by atoms with Gasteiger partial charge in [-0.3, -0.25) is 9.69 Å². The summed E-state index contributed by atoms with van der Waals surface area (Å²) < 4.78 is 0. The quantitative estimate of drug-likeness (QED) is 0.654. The van der Waals surface area contributed by atoms with Crippen molar-refractivity contribution >= 4 is 5.78 Å². The molecule has 0 amide bonds. The van der Waals surface area contributed by atoms with Crippen molar-refractivity contribution in [2.45, 2.75) is 72.3 Å².